The minimum atomic E-state index is -3.89. The number of amides is 1. The van der Waals surface area contributed by atoms with Crippen LogP contribution in [0.25, 0.3) is 0 Å². The van der Waals surface area contributed by atoms with Crippen molar-refractivity contribution in [1.82, 2.24) is 5.32 Å². The Labute approximate surface area is 180 Å². The van der Waals surface area contributed by atoms with Crippen LogP contribution in [0.1, 0.15) is 15.9 Å². The molecule has 0 saturated heterocycles. The second kappa shape index (κ2) is 9.65. The molecule has 0 spiro atoms. The SMILES string of the molecule is COc1ccc(CCNC(=O)c2cccc(S(=O)(=O)Nc3ccccc3Cl)c2)cc1. The second-order valence-corrected chi connectivity index (χ2v) is 8.56. The van der Waals surface area contributed by atoms with Crippen molar-refractivity contribution in [2.75, 3.05) is 18.4 Å². The van der Waals surface area contributed by atoms with Gasteiger partial charge in [0.15, 0.2) is 0 Å². The van der Waals surface area contributed by atoms with E-state index in [0.717, 1.165) is 11.3 Å². The van der Waals surface area contributed by atoms with Crippen molar-refractivity contribution in [3.05, 3.63) is 88.9 Å². The lowest BCUT2D eigenvalue weighted by Crippen LogP contribution is -2.26. The van der Waals surface area contributed by atoms with Gasteiger partial charge in [0.2, 0.25) is 0 Å². The summed E-state index contributed by atoms with van der Waals surface area (Å²) in [6, 6.07) is 20.0. The van der Waals surface area contributed by atoms with E-state index in [4.69, 9.17) is 16.3 Å². The fraction of sp³-hybridized carbons (Fsp3) is 0.136. The number of carbonyl (C=O) groups excluding carboxylic acids is 1. The van der Waals surface area contributed by atoms with Gasteiger partial charge in [0.05, 0.1) is 22.7 Å². The van der Waals surface area contributed by atoms with E-state index in [2.05, 4.69) is 10.0 Å². The van der Waals surface area contributed by atoms with Crippen molar-refractivity contribution in [3.8, 4) is 5.75 Å². The first-order valence-corrected chi connectivity index (χ1v) is 11.0. The Morgan fingerprint density at radius 2 is 1.73 bits per heavy atom. The van der Waals surface area contributed by atoms with Gasteiger partial charge in [-0.1, -0.05) is 41.9 Å². The van der Waals surface area contributed by atoms with Crippen molar-refractivity contribution in [1.29, 1.82) is 0 Å². The Morgan fingerprint density at radius 3 is 2.43 bits per heavy atom. The summed E-state index contributed by atoms with van der Waals surface area (Å²) in [5, 5.41) is 3.09. The first-order valence-electron chi connectivity index (χ1n) is 9.17. The number of sulfonamides is 1. The molecule has 0 atom stereocenters. The summed E-state index contributed by atoms with van der Waals surface area (Å²) in [6.45, 7) is 0.417. The summed E-state index contributed by atoms with van der Waals surface area (Å²) < 4.78 is 32.9. The van der Waals surface area contributed by atoms with Gasteiger partial charge in [-0.15, -0.1) is 0 Å². The summed E-state index contributed by atoms with van der Waals surface area (Å²) in [5.74, 6) is 0.421. The predicted molar refractivity (Wildman–Crippen MR) is 118 cm³/mol. The lowest BCUT2D eigenvalue weighted by Gasteiger charge is -2.11. The maximum absolute atomic E-state index is 12.7. The molecular weight excluding hydrogens is 424 g/mol. The lowest BCUT2D eigenvalue weighted by atomic mass is 10.1. The van der Waals surface area contributed by atoms with E-state index in [-0.39, 0.29) is 27.1 Å². The van der Waals surface area contributed by atoms with Crippen LogP contribution < -0.4 is 14.8 Å². The van der Waals surface area contributed by atoms with Crippen LogP contribution in [-0.2, 0) is 16.4 Å². The van der Waals surface area contributed by atoms with Gasteiger partial charge in [0.1, 0.15) is 5.75 Å². The van der Waals surface area contributed by atoms with Gasteiger partial charge in [-0.25, -0.2) is 8.42 Å². The standard InChI is InChI=1S/C22H21ClN2O4S/c1-29-18-11-9-16(10-12-18)13-14-24-22(26)17-5-4-6-19(15-17)30(27,28)25-21-8-3-2-7-20(21)23/h2-12,15,25H,13-14H2,1H3,(H,24,26). The molecule has 0 aliphatic rings. The Morgan fingerprint density at radius 1 is 1.00 bits per heavy atom. The van der Waals surface area contributed by atoms with E-state index >= 15 is 0 Å². The number of ether oxygens (including phenoxy) is 1. The van der Waals surface area contributed by atoms with E-state index < -0.39 is 10.0 Å². The van der Waals surface area contributed by atoms with Crippen LogP contribution in [0.5, 0.6) is 5.75 Å². The monoisotopic (exact) mass is 444 g/mol. The summed E-state index contributed by atoms with van der Waals surface area (Å²) in [4.78, 5) is 12.4. The van der Waals surface area contributed by atoms with E-state index in [1.165, 1.54) is 18.2 Å². The third kappa shape index (κ3) is 5.52. The molecule has 6 nitrogen and oxygen atoms in total. The van der Waals surface area contributed by atoms with E-state index in [9.17, 15) is 13.2 Å². The highest BCUT2D eigenvalue weighted by Crippen LogP contribution is 2.24. The van der Waals surface area contributed by atoms with Gasteiger partial charge in [0.25, 0.3) is 15.9 Å². The Hall–Kier alpha value is -3.03. The van der Waals surface area contributed by atoms with Crippen LogP contribution in [0.3, 0.4) is 0 Å². The number of methoxy groups -OCH3 is 1. The smallest absolute Gasteiger partial charge is 0.261 e. The van der Waals surface area contributed by atoms with Crippen molar-refractivity contribution < 1.29 is 17.9 Å². The average Bonchev–Trinajstić information content (AvgIpc) is 2.76. The molecule has 3 aromatic rings. The topological polar surface area (TPSA) is 84.5 Å². The van der Waals surface area contributed by atoms with Gasteiger partial charge >= 0.3 is 0 Å². The van der Waals surface area contributed by atoms with Crippen LogP contribution in [0.4, 0.5) is 5.69 Å². The van der Waals surface area contributed by atoms with Crippen molar-refractivity contribution in [2.24, 2.45) is 0 Å². The number of hydrogen-bond acceptors (Lipinski definition) is 4. The highest BCUT2D eigenvalue weighted by Gasteiger charge is 2.17. The zero-order valence-corrected chi connectivity index (χ0v) is 17.8. The van der Waals surface area contributed by atoms with Gasteiger partial charge in [-0.3, -0.25) is 9.52 Å². The van der Waals surface area contributed by atoms with Crippen molar-refractivity contribution in [2.45, 2.75) is 11.3 Å². The molecule has 0 unspecified atom stereocenters. The fourth-order valence-corrected chi connectivity index (χ4v) is 4.13. The summed E-state index contributed by atoms with van der Waals surface area (Å²) in [6.07, 6.45) is 0.641. The molecule has 3 rings (SSSR count). The number of benzene rings is 3. The summed E-state index contributed by atoms with van der Waals surface area (Å²) in [7, 11) is -2.28. The lowest BCUT2D eigenvalue weighted by molar-refractivity contribution is 0.0954. The Kier molecular flexibility index (Phi) is 6.97. The van der Waals surface area contributed by atoms with E-state index in [1.807, 2.05) is 24.3 Å². The van der Waals surface area contributed by atoms with Crippen molar-refractivity contribution >= 4 is 33.2 Å². The molecule has 3 aromatic carbocycles. The van der Waals surface area contributed by atoms with Gasteiger partial charge < -0.3 is 10.1 Å². The first-order chi connectivity index (χ1) is 14.4. The summed E-state index contributed by atoms with van der Waals surface area (Å²) in [5.41, 5.74) is 1.58. The molecule has 156 valence electrons. The largest absolute Gasteiger partial charge is 0.497 e. The fourth-order valence-electron chi connectivity index (χ4n) is 2.77. The van der Waals surface area contributed by atoms with E-state index in [1.54, 1.807) is 37.4 Å². The highest BCUT2D eigenvalue weighted by molar-refractivity contribution is 7.92. The van der Waals surface area contributed by atoms with Crippen LogP contribution in [0.15, 0.2) is 77.7 Å². The van der Waals surface area contributed by atoms with Gasteiger partial charge in [-0.2, -0.15) is 0 Å². The third-order valence-electron chi connectivity index (χ3n) is 4.38. The van der Waals surface area contributed by atoms with Gasteiger partial charge in [0, 0.05) is 12.1 Å². The number of nitrogens with one attached hydrogen (secondary N) is 2. The molecule has 8 heteroatoms. The quantitative estimate of drug-likeness (QED) is 0.547. The molecule has 1 amide bonds. The first kappa shape index (κ1) is 21.7. The molecular formula is C22H21ClN2O4S. The highest BCUT2D eigenvalue weighted by atomic mass is 35.5. The van der Waals surface area contributed by atoms with Crippen LogP contribution in [0.2, 0.25) is 5.02 Å². The average molecular weight is 445 g/mol. The second-order valence-electron chi connectivity index (χ2n) is 6.47. The van der Waals surface area contributed by atoms with Gasteiger partial charge in [-0.05, 0) is 54.4 Å². The van der Waals surface area contributed by atoms with Crippen LogP contribution in [-0.4, -0.2) is 28.0 Å². The minimum Gasteiger partial charge on any atom is -0.497 e. The normalized spacial score (nSPS) is 11.0. The number of halogens is 1. The molecule has 0 bridgehead atoms. The molecule has 0 heterocycles. The molecule has 30 heavy (non-hydrogen) atoms. The molecule has 0 saturated carbocycles. The van der Waals surface area contributed by atoms with Crippen LogP contribution >= 0.6 is 11.6 Å². The van der Waals surface area contributed by atoms with Crippen LogP contribution in [0, 0.1) is 0 Å². The number of rotatable bonds is 8. The minimum absolute atomic E-state index is 0.0229. The molecule has 0 radical (unpaired) electrons. The third-order valence-corrected chi connectivity index (χ3v) is 6.08. The summed E-state index contributed by atoms with van der Waals surface area (Å²) >= 11 is 6.03. The van der Waals surface area contributed by atoms with Crippen molar-refractivity contribution in [3.63, 3.8) is 0 Å². The Balaban J connectivity index is 1.65. The Bertz CT molecular complexity index is 1130. The maximum atomic E-state index is 12.7. The number of carbonyl (C=O) groups is 1. The number of para-hydroxylation sites is 1. The molecule has 2 N–H and O–H groups in total. The zero-order chi connectivity index (χ0) is 21.6. The van der Waals surface area contributed by atoms with E-state index in [0.29, 0.717) is 13.0 Å². The maximum Gasteiger partial charge on any atom is 0.261 e. The molecule has 0 aliphatic carbocycles. The molecule has 0 aromatic heterocycles. The predicted octanol–water partition coefficient (Wildman–Crippen LogP) is 4.12. The zero-order valence-electron chi connectivity index (χ0n) is 16.3. The number of anilines is 1. The number of hydrogen-bond donors (Lipinski definition) is 2. The molecule has 0 fully saturated rings. The molecule has 0 aliphatic heterocycles.